The van der Waals surface area contributed by atoms with Crippen LogP contribution in [0.1, 0.15) is 12.8 Å². The summed E-state index contributed by atoms with van der Waals surface area (Å²) in [6, 6.07) is 12.9. The van der Waals surface area contributed by atoms with Crippen molar-refractivity contribution < 1.29 is 4.74 Å². The Morgan fingerprint density at radius 1 is 0.921 bits per heavy atom. The van der Waals surface area contributed by atoms with Crippen LogP contribution in [-0.4, -0.2) is 82.5 Å². The molecular formula is C29H32N8O. The van der Waals surface area contributed by atoms with E-state index in [1.54, 1.807) is 6.20 Å². The first-order valence-electron chi connectivity index (χ1n) is 13.4. The van der Waals surface area contributed by atoms with Crippen molar-refractivity contribution in [2.45, 2.75) is 18.9 Å². The number of nitrogens with one attached hydrogen (secondary N) is 3. The number of aromatic amines is 2. The molecule has 1 aromatic carbocycles. The number of hydrogen-bond donors (Lipinski definition) is 3. The fraction of sp³-hybridized carbons (Fsp3) is 0.345. The Labute approximate surface area is 221 Å². The lowest BCUT2D eigenvalue weighted by atomic mass is 10.1. The van der Waals surface area contributed by atoms with Crippen LogP contribution >= 0.6 is 0 Å². The number of hydrogen-bond acceptors (Lipinski definition) is 7. The minimum Gasteiger partial charge on any atom is -0.489 e. The van der Waals surface area contributed by atoms with E-state index in [0.29, 0.717) is 0 Å². The Bertz CT molecular complexity index is 1580. The van der Waals surface area contributed by atoms with E-state index in [-0.39, 0.29) is 6.10 Å². The standard InChI is InChI=1S/C29H32N8O/c1-36-9-11-37(12-10-36)28-4-2-3-24-22(28)14-26(33-24)29-23-15-25(32-18-27(23)34-35-29)19-13-21(17-31-16-19)38-20-5-7-30-8-6-20/h2-4,13-18,20,30,33H,5-12H2,1H3,(H,34,35). The molecule has 38 heavy (non-hydrogen) atoms. The fourth-order valence-corrected chi connectivity index (χ4v) is 5.60. The number of benzene rings is 1. The van der Waals surface area contributed by atoms with Gasteiger partial charge in [0, 0.05) is 59.9 Å². The van der Waals surface area contributed by atoms with Crippen molar-refractivity contribution in [1.29, 1.82) is 0 Å². The Kier molecular flexibility index (Phi) is 5.94. The Balaban J connectivity index is 1.22. The van der Waals surface area contributed by atoms with Crippen molar-refractivity contribution >= 4 is 27.5 Å². The average molecular weight is 509 g/mol. The highest BCUT2D eigenvalue weighted by molar-refractivity contribution is 6.00. The maximum atomic E-state index is 6.22. The molecule has 0 bridgehead atoms. The number of ether oxygens (including phenoxy) is 1. The van der Waals surface area contributed by atoms with E-state index in [1.165, 1.54) is 11.1 Å². The van der Waals surface area contributed by atoms with E-state index in [9.17, 15) is 0 Å². The predicted octanol–water partition coefficient (Wildman–Crippen LogP) is 4.05. The van der Waals surface area contributed by atoms with Gasteiger partial charge in [0.2, 0.25) is 0 Å². The molecule has 194 valence electrons. The van der Waals surface area contributed by atoms with E-state index in [0.717, 1.165) is 96.9 Å². The zero-order chi connectivity index (χ0) is 25.5. The van der Waals surface area contributed by atoms with Crippen LogP contribution in [0.15, 0.2) is 55.0 Å². The molecule has 2 aliphatic heterocycles. The highest BCUT2D eigenvalue weighted by Crippen LogP contribution is 2.35. The number of anilines is 1. The van der Waals surface area contributed by atoms with E-state index in [1.807, 2.05) is 18.5 Å². The first-order chi connectivity index (χ1) is 18.7. The van der Waals surface area contributed by atoms with Crippen LogP contribution in [0, 0.1) is 0 Å². The predicted molar refractivity (Wildman–Crippen MR) is 151 cm³/mol. The second-order valence-electron chi connectivity index (χ2n) is 10.4. The molecule has 0 radical (unpaired) electrons. The number of likely N-dealkylation sites (N-methyl/N-ethyl adjacent to an activating group) is 1. The van der Waals surface area contributed by atoms with Gasteiger partial charge in [0.15, 0.2) is 0 Å². The quantitative estimate of drug-likeness (QED) is 0.329. The molecule has 0 unspecified atom stereocenters. The third-order valence-corrected chi connectivity index (χ3v) is 7.79. The first-order valence-corrected chi connectivity index (χ1v) is 13.4. The average Bonchev–Trinajstić information content (AvgIpc) is 3.58. The molecule has 0 atom stereocenters. The number of pyridine rings is 2. The highest BCUT2D eigenvalue weighted by Gasteiger charge is 2.19. The highest BCUT2D eigenvalue weighted by atomic mass is 16.5. The molecule has 9 nitrogen and oxygen atoms in total. The number of piperidine rings is 1. The van der Waals surface area contributed by atoms with Gasteiger partial charge in [-0.25, -0.2) is 0 Å². The molecule has 2 fully saturated rings. The molecular weight excluding hydrogens is 476 g/mol. The molecule has 9 heteroatoms. The van der Waals surface area contributed by atoms with Gasteiger partial charge in [-0.05, 0) is 63.3 Å². The monoisotopic (exact) mass is 508 g/mol. The molecule has 2 aliphatic rings. The summed E-state index contributed by atoms with van der Waals surface area (Å²) in [6.07, 6.45) is 7.72. The lowest BCUT2D eigenvalue weighted by molar-refractivity contribution is 0.162. The number of nitrogens with zero attached hydrogens (tertiary/aromatic N) is 5. The van der Waals surface area contributed by atoms with E-state index < -0.39 is 0 Å². The number of piperazine rings is 1. The van der Waals surface area contributed by atoms with Crippen LogP contribution < -0.4 is 15.0 Å². The Morgan fingerprint density at radius 3 is 2.66 bits per heavy atom. The second kappa shape index (κ2) is 9.74. The molecule has 3 N–H and O–H groups in total. The maximum absolute atomic E-state index is 6.22. The molecule has 0 amide bonds. The van der Waals surface area contributed by atoms with Crippen LogP contribution in [0.4, 0.5) is 5.69 Å². The number of fused-ring (bicyclic) bond motifs is 2. The van der Waals surface area contributed by atoms with Crippen molar-refractivity contribution in [3.8, 4) is 28.4 Å². The third-order valence-electron chi connectivity index (χ3n) is 7.79. The van der Waals surface area contributed by atoms with Gasteiger partial charge in [0.1, 0.15) is 17.5 Å². The van der Waals surface area contributed by atoms with Gasteiger partial charge in [-0.2, -0.15) is 5.10 Å². The summed E-state index contributed by atoms with van der Waals surface area (Å²) in [5.41, 5.74) is 6.95. The van der Waals surface area contributed by atoms with Gasteiger partial charge in [0.25, 0.3) is 0 Å². The number of rotatable bonds is 5. The van der Waals surface area contributed by atoms with Crippen LogP contribution in [0.2, 0.25) is 0 Å². The molecule has 7 rings (SSSR count). The van der Waals surface area contributed by atoms with Crippen molar-refractivity contribution in [3.63, 3.8) is 0 Å². The zero-order valence-electron chi connectivity index (χ0n) is 21.6. The van der Waals surface area contributed by atoms with Crippen molar-refractivity contribution in [2.75, 3.05) is 51.2 Å². The van der Waals surface area contributed by atoms with E-state index in [4.69, 9.17) is 9.72 Å². The zero-order valence-corrected chi connectivity index (χ0v) is 21.6. The summed E-state index contributed by atoms with van der Waals surface area (Å²) in [6.45, 7) is 6.20. The van der Waals surface area contributed by atoms with Gasteiger partial charge in [-0.15, -0.1) is 0 Å². The second-order valence-corrected chi connectivity index (χ2v) is 10.4. The van der Waals surface area contributed by atoms with Crippen LogP contribution in [0.3, 0.4) is 0 Å². The maximum Gasteiger partial charge on any atom is 0.138 e. The molecule has 5 aromatic rings. The van der Waals surface area contributed by atoms with Crippen molar-refractivity contribution in [3.05, 3.63) is 55.0 Å². The number of H-pyrrole nitrogens is 2. The summed E-state index contributed by atoms with van der Waals surface area (Å²) in [5.74, 6) is 0.788. The molecule has 2 saturated heterocycles. The SMILES string of the molecule is CN1CCN(c2cccc3[nH]c(-c4n[nH]c5cnc(-c6cncc(OC7CCNCC7)c6)cc45)cc23)CC1. The summed E-state index contributed by atoms with van der Waals surface area (Å²) >= 11 is 0. The summed E-state index contributed by atoms with van der Waals surface area (Å²) in [4.78, 5) is 17.6. The fourth-order valence-electron chi connectivity index (χ4n) is 5.60. The van der Waals surface area contributed by atoms with Crippen LogP contribution in [-0.2, 0) is 0 Å². The van der Waals surface area contributed by atoms with Crippen LogP contribution in [0.5, 0.6) is 5.75 Å². The number of aromatic nitrogens is 5. The van der Waals surface area contributed by atoms with Gasteiger partial charge in [-0.1, -0.05) is 6.07 Å². The lowest BCUT2D eigenvalue weighted by Gasteiger charge is -2.34. The summed E-state index contributed by atoms with van der Waals surface area (Å²) in [5, 5.41) is 13.5. The summed E-state index contributed by atoms with van der Waals surface area (Å²) < 4.78 is 6.22. The smallest absolute Gasteiger partial charge is 0.138 e. The molecule has 0 saturated carbocycles. The van der Waals surface area contributed by atoms with Crippen molar-refractivity contribution in [1.82, 2.24) is 35.4 Å². The van der Waals surface area contributed by atoms with Gasteiger partial charge in [0.05, 0.1) is 29.3 Å². The largest absolute Gasteiger partial charge is 0.489 e. The van der Waals surface area contributed by atoms with Gasteiger partial charge >= 0.3 is 0 Å². The Morgan fingerprint density at radius 2 is 1.79 bits per heavy atom. The molecule has 4 aromatic heterocycles. The normalized spacial score (nSPS) is 17.4. The summed E-state index contributed by atoms with van der Waals surface area (Å²) in [7, 11) is 2.19. The minimum absolute atomic E-state index is 0.224. The molecule has 0 aliphatic carbocycles. The Hall–Kier alpha value is -3.95. The van der Waals surface area contributed by atoms with E-state index >= 15 is 0 Å². The van der Waals surface area contributed by atoms with E-state index in [2.05, 4.69) is 72.7 Å². The van der Waals surface area contributed by atoms with Gasteiger partial charge < -0.3 is 24.8 Å². The van der Waals surface area contributed by atoms with Crippen molar-refractivity contribution in [2.24, 2.45) is 0 Å². The topological polar surface area (TPSA) is 98.0 Å². The van der Waals surface area contributed by atoms with Crippen LogP contribution in [0.25, 0.3) is 44.5 Å². The molecule has 6 heterocycles. The third kappa shape index (κ3) is 4.37. The lowest BCUT2D eigenvalue weighted by Crippen LogP contribution is -2.44. The molecule has 0 spiro atoms. The van der Waals surface area contributed by atoms with Gasteiger partial charge in [-0.3, -0.25) is 15.1 Å². The first kappa shape index (κ1) is 23.2. The minimum atomic E-state index is 0.224.